The monoisotopic (exact) mass is 532 g/mol. The van der Waals surface area contributed by atoms with Gasteiger partial charge in [-0.05, 0) is 61.6 Å². The van der Waals surface area contributed by atoms with Gasteiger partial charge >= 0.3 is 0 Å². The van der Waals surface area contributed by atoms with E-state index in [1.165, 1.54) is 0 Å². The van der Waals surface area contributed by atoms with E-state index in [0.717, 1.165) is 48.1 Å². The fraction of sp³-hybridized carbons (Fsp3) is 0.375. The highest BCUT2D eigenvalue weighted by Crippen LogP contribution is 2.21. The van der Waals surface area contributed by atoms with Crippen LogP contribution >= 0.6 is 11.6 Å². The molecular weight excluding hydrogens is 496 g/mol. The Morgan fingerprint density at radius 3 is 2.39 bits per heavy atom. The minimum Gasteiger partial charge on any atom is -0.494 e. The van der Waals surface area contributed by atoms with Gasteiger partial charge in [-0.25, -0.2) is 0 Å². The maximum absolute atomic E-state index is 13.7. The predicted molar refractivity (Wildman–Crippen MR) is 152 cm³/mol. The smallest absolute Gasteiger partial charge is 0.243 e. The van der Waals surface area contributed by atoms with Gasteiger partial charge in [0.2, 0.25) is 11.8 Å². The second kappa shape index (κ2) is 14.0. The van der Waals surface area contributed by atoms with Crippen molar-refractivity contribution in [2.45, 2.75) is 70.5 Å². The SMILES string of the molecule is Cc1cccc(CN(C(=O)CCCOc2ccc(Cl)cc2)C(Cc2ccccc2)C(=O)NC2CCCC2)c1. The van der Waals surface area contributed by atoms with Gasteiger partial charge in [-0.15, -0.1) is 0 Å². The van der Waals surface area contributed by atoms with Crippen LogP contribution < -0.4 is 10.1 Å². The van der Waals surface area contributed by atoms with Crippen molar-refractivity contribution in [2.75, 3.05) is 6.61 Å². The van der Waals surface area contributed by atoms with Crippen molar-refractivity contribution in [3.63, 3.8) is 0 Å². The molecule has 200 valence electrons. The molecule has 0 aromatic heterocycles. The zero-order valence-corrected chi connectivity index (χ0v) is 22.8. The van der Waals surface area contributed by atoms with Crippen molar-refractivity contribution in [1.29, 1.82) is 0 Å². The number of carbonyl (C=O) groups is 2. The molecule has 1 saturated carbocycles. The number of carbonyl (C=O) groups excluding carboxylic acids is 2. The maximum Gasteiger partial charge on any atom is 0.243 e. The summed E-state index contributed by atoms with van der Waals surface area (Å²) in [5, 5.41) is 3.91. The molecule has 3 aromatic rings. The average molecular weight is 533 g/mol. The van der Waals surface area contributed by atoms with E-state index in [1.807, 2.05) is 67.6 Å². The van der Waals surface area contributed by atoms with Gasteiger partial charge in [0.1, 0.15) is 11.8 Å². The minimum absolute atomic E-state index is 0.0475. The van der Waals surface area contributed by atoms with Gasteiger partial charge in [0.25, 0.3) is 0 Å². The molecule has 0 heterocycles. The van der Waals surface area contributed by atoms with Gasteiger partial charge in [-0.1, -0.05) is 84.6 Å². The number of halogens is 1. The highest BCUT2D eigenvalue weighted by molar-refractivity contribution is 6.30. The van der Waals surface area contributed by atoms with E-state index in [2.05, 4.69) is 11.4 Å². The lowest BCUT2D eigenvalue weighted by molar-refractivity contribution is -0.141. The molecule has 38 heavy (non-hydrogen) atoms. The molecule has 5 nitrogen and oxygen atoms in total. The molecule has 4 rings (SSSR count). The first-order chi connectivity index (χ1) is 18.5. The highest BCUT2D eigenvalue weighted by atomic mass is 35.5. The Kier molecular flexibility index (Phi) is 10.2. The van der Waals surface area contributed by atoms with Crippen LogP contribution in [0, 0.1) is 6.92 Å². The third-order valence-corrected chi connectivity index (χ3v) is 7.28. The lowest BCUT2D eigenvalue weighted by atomic mass is 10.0. The third-order valence-electron chi connectivity index (χ3n) is 7.03. The molecule has 1 aliphatic carbocycles. The summed E-state index contributed by atoms with van der Waals surface area (Å²) in [7, 11) is 0. The standard InChI is InChI=1S/C32H37ClN2O3/c1-24-9-7-12-26(21-24)23-35(31(36)15-8-20-38-29-18-16-27(33)17-19-29)30(22-25-10-3-2-4-11-25)32(37)34-28-13-5-6-14-28/h2-4,7,9-12,16-19,21,28,30H,5-6,8,13-15,20,22-23H2,1H3,(H,34,37). The molecule has 1 unspecified atom stereocenters. The van der Waals surface area contributed by atoms with Crippen molar-refractivity contribution in [3.8, 4) is 5.75 Å². The number of ether oxygens (including phenoxy) is 1. The topological polar surface area (TPSA) is 58.6 Å². The van der Waals surface area contributed by atoms with Crippen LogP contribution in [0.1, 0.15) is 55.2 Å². The van der Waals surface area contributed by atoms with Crippen molar-refractivity contribution in [3.05, 3.63) is 101 Å². The Labute approximate surface area is 231 Å². The van der Waals surface area contributed by atoms with Crippen LogP contribution in [0.5, 0.6) is 5.75 Å². The first-order valence-corrected chi connectivity index (χ1v) is 13.9. The summed E-state index contributed by atoms with van der Waals surface area (Å²) >= 11 is 5.95. The van der Waals surface area contributed by atoms with Crippen molar-refractivity contribution in [2.24, 2.45) is 0 Å². The number of aryl methyl sites for hydroxylation is 1. The number of benzene rings is 3. The van der Waals surface area contributed by atoms with E-state index < -0.39 is 6.04 Å². The van der Waals surface area contributed by atoms with Crippen LogP contribution in [0.25, 0.3) is 0 Å². The van der Waals surface area contributed by atoms with Crippen LogP contribution in [0.3, 0.4) is 0 Å². The molecule has 0 saturated heterocycles. The summed E-state index contributed by atoms with van der Waals surface area (Å²) in [6, 6.07) is 24.9. The quantitative estimate of drug-likeness (QED) is 0.271. The molecule has 2 amide bonds. The Balaban J connectivity index is 1.51. The second-order valence-corrected chi connectivity index (χ2v) is 10.5. The fourth-order valence-electron chi connectivity index (χ4n) is 5.02. The Bertz CT molecular complexity index is 1180. The molecule has 1 aliphatic rings. The third kappa shape index (κ3) is 8.35. The average Bonchev–Trinajstić information content (AvgIpc) is 3.43. The molecule has 1 atom stereocenters. The van der Waals surface area contributed by atoms with E-state index in [-0.39, 0.29) is 17.9 Å². The first-order valence-electron chi connectivity index (χ1n) is 13.6. The molecule has 6 heteroatoms. The van der Waals surface area contributed by atoms with E-state index in [0.29, 0.717) is 37.4 Å². The Morgan fingerprint density at radius 2 is 1.68 bits per heavy atom. The van der Waals surface area contributed by atoms with E-state index in [1.54, 1.807) is 17.0 Å². The van der Waals surface area contributed by atoms with E-state index in [4.69, 9.17) is 16.3 Å². The molecule has 3 aromatic carbocycles. The normalized spacial score (nSPS) is 14.2. The largest absolute Gasteiger partial charge is 0.494 e. The number of hydrogen-bond acceptors (Lipinski definition) is 3. The summed E-state index contributed by atoms with van der Waals surface area (Å²) in [5.74, 6) is 0.601. The molecular formula is C32H37ClN2O3. The number of nitrogens with zero attached hydrogens (tertiary/aromatic N) is 1. The maximum atomic E-state index is 13.7. The number of rotatable bonds is 12. The highest BCUT2D eigenvalue weighted by Gasteiger charge is 2.32. The molecule has 0 radical (unpaired) electrons. The zero-order chi connectivity index (χ0) is 26.7. The predicted octanol–water partition coefficient (Wildman–Crippen LogP) is 6.51. The van der Waals surface area contributed by atoms with Gasteiger partial charge in [0.15, 0.2) is 0 Å². The van der Waals surface area contributed by atoms with Gasteiger partial charge in [0, 0.05) is 30.5 Å². The van der Waals surface area contributed by atoms with Crippen molar-refractivity contribution >= 4 is 23.4 Å². The van der Waals surface area contributed by atoms with Crippen LogP contribution in [0.2, 0.25) is 5.02 Å². The van der Waals surface area contributed by atoms with E-state index in [9.17, 15) is 9.59 Å². The van der Waals surface area contributed by atoms with Gasteiger partial charge < -0.3 is 15.0 Å². The lowest BCUT2D eigenvalue weighted by Crippen LogP contribution is -2.52. The summed E-state index contributed by atoms with van der Waals surface area (Å²) in [6.45, 7) is 2.83. The minimum atomic E-state index is -0.594. The fourth-order valence-corrected chi connectivity index (χ4v) is 5.14. The molecule has 0 aliphatic heterocycles. The van der Waals surface area contributed by atoms with Gasteiger partial charge in [-0.3, -0.25) is 9.59 Å². The number of hydrogen-bond donors (Lipinski definition) is 1. The Morgan fingerprint density at radius 1 is 0.974 bits per heavy atom. The summed E-state index contributed by atoms with van der Waals surface area (Å²) in [6.07, 6.45) is 5.57. The Hall–Kier alpha value is -3.31. The van der Waals surface area contributed by atoms with Crippen LogP contribution in [0.4, 0.5) is 0 Å². The van der Waals surface area contributed by atoms with Gasteiger partial charge in [-0.2, -0.15) is 0 Å². The number of amides is 2. The number of nitrogens with one attached hydrogen (secondary N) is 1. The lowest BCUT2D eigenvalue weighted by Gasteiger charge is -2.32. The van der Waals surface area contributed by atoms with Crippen molar-refractivity contribution in [1.82, 2.24) is 10.2 Å². The van der Waals surface area contributed by atoms with Crippen LogP contribution in [-0.4, -0.2) is 35.4 Å². The van der Waals surface area contributed by atoms with Crippen molar-refractivity contribution < 1.29 is 14.3 Å². The van der Waals surface area contributed by atoms with Crippen LogP contribution in [-0.2, 0) is 22.6 Å². The molecule has 0 bridgehead atoms. The van der Waals surface area contributed by atoms with E-state index >= 15 is 0 Å². The van der Waals surface area contributed by atoms with Crippen LogP contribution in [0.15, 0.2) is 78.9 Å². The molecule has 1 N–H and O–H groups in total. The summed E-state index contributed by atoms with van der Waals surface area (Å²) in [5.41, 5.74) is 3.18. The molecule has 0 spiro atoms. The molecule has 1 fully saturated rings. The zero-order valence-electron chi connectivity index (χ0n) is 22.1. The summed E-state index contributed by atoms with van der Waals surface area (Å²) < 4.78 is 5.81. The first kappa shape index (κ1) is 27.7. The van der Waals surface area contributed by atoms with Gasteiger partial charge in [0.05, 0.1) is 6.61 Å². The second-order valence-electron chi connectivity index (χ2n) is 10.1. The summed E-state index contributed by atoms with van der Waals surface area (Å²) in [4.78, 5) is 29.2.